The molecule has 27 heavy (non-hydrogen) atoms. The summed E-state index contributed by atoms with van der Waals surface area (Å²) < 4.78 is 13.7. The van der Waals surface area contributed by atoms with Crippen molar-refractivity contribution in [2.45, 2.75) is 12.5 Å². The summed E-state index contributed by atoms with van der Waals surface area (Å²) in [5.41, 5.74) is 0.411. The predicted octanol–water partition coefficient (Wildman–Crippen LogP) is 2.72. The van der Waals surface area contributed by atoms with Gasteiger partial charge < -0.3 is 15.1 Å². The number of carboxylic acid groups (broad SMARTS) is 1. The van der Waals surface area contributed by atoms with E-state index in [2.05, 4.69) is 0 Å². The molecule has 6 nitrogen and oxygen atoms in total. The van der Waals surface area contributed by atoms with Crippen LogP contribution >= 0.6 is 0 Å². The quantitative estimate of drug-likeness (QED) is 0.480. The lowest BCUT2D eigenvalue weighted by Crippen LogP contribution is -2.31. The smallest absolute Gasteiger partial charge is 0.305 e. The van der Waals surface area contributed by atoms with Gasteiger partial charge in [0, 0.05) is 12.1 Å². The van der Waals surface area contributed by atoms with Crippen molar-refractivity contribution < 1.29 is 29.0 Å². The first-order valence-electron chi connectivity index (χ1n) is 8.21. The van der Waals surface area contributed by atoms with Crippen molar-refractivity contribution in [3.05, 3.63) is 77.1 Å². The van der Waals surface area contributed by atoms with E-state index < -0.39 is 29.5 Å². The highest BCUT2D eigenvalue weighted by Gasteiger charge is 2.46. The molecule has 2 aromatic carbocycles. The zero-order valence-electron chi connectivity index (χ0n) is 14.1. The number of aliphatic carboxylic acids is 1. The molecule has 0 bridgehead atoms. The highest BCUT2D eigenvalue weighted by molar-refractivity contribution is 6.46. The molecule has 1 atom stereocenters. The summed E-state index contributed by atoms with van der Waals surface area (Å²) >= 11 is 0. The fourth-order valence-electron chi connectivity index (χ4n) is 3.10. The summed E-state index contributed by atoms with van der Waals surface area (Å²) in [5, 5.41) is 19.6. The van der Waals surface area contributed by atoms with Crippen LogP contribution in [0.1, 0.15) is 23.6 Å². The van der Waals surface area contributed by atoms with Crippen LogP contribution in [0.4, 0.5) is 4.39 Å². The zero-order valence-corrected chi connectivity index (χ0v) is 14.1. The van der Waals surface area contributed by atoms with E-state index in [0.717, 1.165) is 11.0 Å². The lowest BCUT2D eigenvalue weighted by Gasteiger charge is -2.24. The molecule has 2 aromatic rings. The minimum Gasteiger partial charge on any atom is -0.507 e. The number of carbonyl (C=O) groups excluding carboxylic acids is 2. The van der Waals surface area contributed by atoms with Crippen molar-refractivity contribution in [2.24, 2.45) is 0 Å². The molecule has 3 rings (SSSR count). The van der Waals surface area contributed by atoms with Crippen LogP contribution in [0.3, 0.4) is 0 Å². The van der Waals surface area contributed by atoms with Crippen LogP contribution in [0.5, 0.6) is 0 Å². The molecule has 0 saturated carbocycles. The van der Waals surface area contributed by atoms with Gasteiger partial charge in [0.05, 0.1) is 18.0 Å². The fourth-order valence-corrected chi connectivity index (χ4v) is 3.10. The molecular weight excluding hydrogens is 353 g/mol. The second-order valence-corrected chi connectivity index (χ2v) is 6.06. The maximum Gasteiger partial charge on any atom is 0.305 e. The van der Waals surface area contributed by atoms with Crippen molar-refractivity contribution in [3.63, 3.8) is 0 Å². The van der Waals surface area contributed by atoms with Gasteiger partial charge in [-0.1, -0.05) is 42.5 Å². The highest BCUT2D eigenvalue weighted by Crippen LogP contribution is 2.39. The van der Waals surface area contributed by atoms with E-state index in [1.165, 1.54) is 18.2 Å². The number of hydrogen-bond donors (Lipinski definition) is 2. The average molecular weight is 369 g/mol. The van der Waals surface area contributed by atoms with Gasteiger partial charge in [-0.25, -0.2) is 4.39 Å². The number of amides is 1. The Hall–Kier alpha value is -3.48. The standard InChI is InChI=1S/C20H16FNO5/c21-14-8-4-7-13(11-14)17-16(18(25)12-5-2-1-3-6-12)19(26)20(27)22(17)10-9-15(23)24/h1-8,11,17,25H,9-10H2,(H,23,24)/b18-16-. The third-order valence-corrected chi connectivity index (χ3v) is 4.32. The Morgan fingerprint density at radius 1 is 1.04 bits per heavy atom. The molecule has 0 aliphatic carbocycles. The number of aliphatic hydroxyl groups excluding tert-OH is 1. The number of carbonyl (C=O) groups is 3. The number of halogens is 1. The lowest BCUT2D eigenvalue weighted by atomic mass is 9.95. The van der Waals surface area contributed by atoms with Crippen LogP contribution in [0, 0.1) is 5.82 Å². The third kappa shape index (κ3) is 3.57. The van der Waals surface area contributed by atoms with Crippen LogP contribution in [0.15, 0.2) is 60.2 Å². The van der Waals surface area contributed by atoms with E-state index in [4.69, 9.17) is 5.11 Å². The number of nitrogens with zero attached hydrogens (tertiary/aromatic N) is 1. The maximum atomic E-state index is 13.7. The molecule has 1 aliphatic heterocycles. The van der Waals surface area contributed by atoms with E-state index in [1.54, 1.807) is 30.3 Å². The molecule has 0 aromatic heterocycles. The van der Waals surface area contributed by atoms with E-state index in [9.17, 15) is 23.9 Å². The third-order valence-electron chi connectivity index (χ3n) is 4.32. The average Bonchev–Trinajstić information content (AvgIpc) is 2.91. The number of ketones is 1. The van der Waals surface area contributed by atoms with E-state index in [-0.39, 0.29) is 29.9 Å². The SMILES string of the molecule is O=C(O)CCN1C(=O)C(=O)/C(=C(\O)c2ccccc2)C1c1cccc(F)c1. The Bertz CT molecular complexity index is 938. The minimum atomic E-state index is -1.14. The predicted molar refractivity (Wildman–Crippen MR) is 94.1 cm³/mol. The van der Waals surface area contributed by atoms with Gasteiger partial charge in [-0.3, -0.25) is 14.4 Å². The monoisotopic (exact) mass is 369 g/mol. The Morgan fingerprint density at radius 2 is 1.74 bits per heavy atom. The molecule has 1 fully saturated rings. The number of rotatable bonds is 5. The summed E-state index contributed by atoms with van der Waals surface area (Å²) in [7, 11) is 0. The summed E-state index contributed by atoms with van der Waals surface area (Å²) in [5.74, 6) is -3.96. The Labute approximate surface area is 154 Å². The fraction of sp³-hybridized carbons (Fsp3) is 0.150. The number of Topliss-reactive ketones (excluding diaryl/α,β-unsaturated/α-hetero) is 1. The molecular formula is C20H16FNO5. The molecule has 138 valence electrons. The number of hydrogen-bond acceptors (Lipinski definition) is 4. The number of likely N-dealkylation sites (tertiary alicyclic amines) is 1. The van der Waals surface area contributed by atoms with Gasteiger partial charge in [0.2, 0.25) is 0 Å². The second kappa shape index (κ2) is 7.41. The van der Waals surface area contributed by atoms with E-state index in [1.807, 2.05) is 0 Å². The van der Waals surface area contributed by atoms with Crippen LogP contribution in [-0.2, 0) is 14.4 Å². The first-order chi connectivity index (χ1) is 12.9. The van der Waals surface area contributed by atoms with Crippen molar-refractivity contribution in [1.82, 2.24) is 4.90 Å². The summed E-state index contributed by atoms with van der Waals surface area (Å²) in [4.78, 5) is 37.1. The normalized spacial score (nSPS) is 18.7. The van der Waals surface area contributed by atoms with Gasteiger partial charge in [-0.2, -0.15) is 0 Å². The van der Waals surface area contributed by atoms with Crippen LogP contribution in [-0.4, -0.2) is 39.3 Å². The van der Waals surface area contributed by atoms with E-state index in [0.29, 0.717) is 5.56 Å². The topological polar surface area (TPSA) is 94.9 Å². The first kappa shape index (κ1) is 18.3. The van der Waals surface area contributed by atoms with Crippen molar-refractivity contribution in [2.75, 3.05) is 6.54 Å². The number of carboxylic acids is 1. The Morgan fingerprint density at radius 3 is 2.37 bits per heavy atom. The van der Waals surface area contributed by atoms with Crippen LogP contribution in [0.25, 0.3) is 5.76 Å². The molecule has 1 amide bonds. The van der Waals surface area contributed by atoms with Gasteiger partial charge in [0.1, 0.15) is 11.6 Å². The molecule has 2 N–H and O–H groups in total. The van der Waals surface area contributed by atoms with Crippen LogP contribution < -0.4 is 0 Å². The summed E-state index contributed by atoms with van der Waals surface area (Å²) in [6.45, 7) is -0.243. The second-order valence-electron chi connectivity index (χ2n) is 6.06. The minimum absolute atomic E-state index is 0.192. The van der Waals surface area contributed by atoms with Gasteiger partial charge in [0.15, 0.2) is 0 Å². The van der Waals surface area contributed by atoms with Gasteiger partial charge in [-0.15, -0.1) is 0 Å². The Kier molecular flexibility index (Phi) is 5.03. The van der Waals surface area contributed by atoms with Gasteiger partial charge >= 0.3 is 5.97 Å². The highest BCUT2D eigenvalue weighted by atomic mass is 19.1. The lowest BCUT2D eigenvalue weighted by molar-refractivity contribution is -0.142. The van der Waals surface area contributed by atoms with Gasteiger partial charge in [0.25, 0.3) is 11.7 Å². The molecule has 0 radical (unpaired) electrons. The molecule has 7 heteroatoms. The van der Waals surface area contributed by atoms with E-state index >= 15 is 0 Å². The largest absolute Gasteiger partial charge is 0.507 e. The Balaban J connectivity index is 2.16. The van der Waals surface area contributed by atoms with Crippen molar-refractivity contribution in [3.8, 4) is 0 Å². The number of benzene rings is 2. The van der Waals surface area contributed by atoms with Crippen molar-refractivity contribution in [1.29, 1.82) is 0 Å². The summed E-state index contributed by atoms with van der Waals surface area (Å²) in [6, 6.07) is 12.4. The molecule has 1 unspecified atom stereocenters. The van der Waals surface area contributed by atoms with Crippen LogP contribution in [0.2, 0.25) is 0 Å². The number of aliphatic hydroxyl groups is 1. The molecule has 0 spiro atoms. The summed E-state index contributed by atoms with van der Waals surface area (Å²) in [6.07, 6.45) is -0.385. The first-order valence-corrected chi connectivity index (χ1v) is 8.21. The molecule has 1 heterocycles. The molecule has 1 aliphatic rings. The zero-order chi connectivity index (χ0) is 19.6. The maximum absolute atomic E-state index is 13.7. The van der Waals surface area contributed by atoms with Crippen molar-refractivity contribution >= 4 is 23.4 Å². The molecule has 1 saturated heterocycles. The van der Waals surface area contributed by atoms with Gasteiger partial charge in [-0.05, 0) is 17.7 Å².